The number of carboxylic acids is 1. The molecule has 0 radical (unpaired) electrons. The van der Waals surface area contributed by atoms with E-state index in [1.807, 2.05) is 24.3 Å². The molecule has 0 aromatic heterocycles. The topological polar surface area (TPSA) is 57.6 Å². The van der Waals surface area contributed by atoms with Crippen LogP contribution in [0.15, 0.2) is 29.2 Å². The molecule has 0 spiro atoms. The van der Waals surface area contributed by atoms with Gasteiger partial charge in [0.1, 0.15) is 10.4 Å². The Morgan fingerprint density at radius 3 is 2.36 bits per heavy atom. The van der Waals surface area contributed by atoms with Crippen molar-refractivity contribution >= 4 is 46.3 Å². The van der Waals surface area contributed by atoms with Crippen LogP contribution in [0.3, 0.4) is 0 Å². The molecule has 1 unspecified atom stereocenters. The highest BCUT2D eigenvalue weighted by Gasteiger charge is 2.38. The van der Waals surface area contributed by atoms with Crippen molar-refractivity contribution in [1.29, 1.82) is 0 Å². The van der Waals surface area contributed by atoms with Crippen molar-refractivity contribution in [3.05, 3.63) is 40.3 Å². The highest BCUT2D eigenvalue weighted by molar-refractivity contribution is 8.26. The Balaban J connectivity index is 2.24. The summed E-state index contributed by atoms with van der Waals surface area (Å²) in [5.41, 5.74) is 2.12. The van der Waals surface area contributed by atoms with Gasteiger partial charge in [-0.3, -0.25) is 9.69 Å². The molecule has 1 aromatic carbocycles. The molecule has 1 atom stereocenters. The fourth-order valence-corrected chi connectivity index (χ4v) is 3.47. The zero-order valence-corrected chi connectivity index (χ0v) is 14.2. The van der Waals surface area contributed by atoms with Crippen molar-refractivity contribution < 1.29 is 14.7 Å². The number of benzene rings is 1. The number of rotatable bonds is 4. The van der Waals surface area contributed by atoms with Gasteiger partial charge in [0.25, 0.3) is 5.91 Å². The molecule has 1 aliphatic heterocycles. The van der Waals surface area contributed by atoms with Crippen LogP contribution in [0.1, 0.15) is 37.8 Å². The van der Waals surface area contributed by atoms with Crippen LogP contribution in [0.4, 0.5) is 0 Å². The molecule has 4 nitrogen and oxygen atoms in total. The third kappa shape index (κ3) is 3.39. The van der Waals surface area contributed by atoms with Crippen molar-refractivity contribution in [2.45, 2.75) is 32.7 Å². The van der Waals surface area contributed by atoms with Crippen LogP contribution in [-0.2, 0) is 9.59 Å². The van der Waals surface area contributed by atoms with Gasteiger partial charge >= 0.3 is 5.97 Å². The molecule has 1 saturated heterocycles. The summed E-state index contributed by atoms with van der Waals surface area (Å²) in [5.74, 6) is -0.972. The van der Waals surface area contributed by atoms with Gasteiger partial charge in [-0.25, -0.2) is 4.79 Å². The maximum Gasteiger partial charge on any atom is 0.326 e. The molecule has 1 heterocycles. The zero-order valence-electron chi connectivity index (χ0n) is 12.6. The van der Waals surface area contributed by atoms with E-state index < -0.39 is 12.0 Å². The van der Waals surface area contributed by atoms with Crippen LogP contribution < -0.4 is 0 Å². The Kier molecular flexibility index (Phi) is 5.03. The molecule has 1 aliphatic rings. The van der Waals surface area contributed by atoms with E-state index in [2.05, 4.69) is 13.8 Å². The van der Waals surface area contributed by atoms with Crippen LogP contribution in [0, 0.1) is 0 Å². The predicted octanol–water partition coefficient (Wildman–Crippen LogP) is 3.48. The SMILES string of the molecule is CC(C)c1ccc(/C=C2/SC(=S)N(C(C)C(=O)O)C2=O)cc1. The molecule has 1 aromatic rings. The monoisotopic (exact) mass is 335 g/mol. The summed E-state index contributed by atoms with van der Waals surface area (Å²) in [4.78, 5) is 25.0. The van der Waals surface area contributed by atoms with Crippen LogP contribution >= 0.6 is 24.0 Å². The smallest absolute Gasteiger partial charge is 0.326 e. The first-order chi connectivity index (χ1) is 10.3. The first-order valence-electron chi connectivity index (χ1n) is 6.91. The van der Waals surface area contributed by atoms with Gasteiger partial charge in [0.2, 0.25) is 0 Å². The molecule has 1 amide bonds. The van der Waals surface area contributed by atoms with Crippen LogP contribution in [-0.4, -0.2) is 32.2 Å². The highest BCUT2D eigenvalue weighted by atomic mass is 32.2. The quantitative estimate of drug-likeness (QED) is 0.674. The maximum atomic E-state index is 12.3. The zero-order chi connectivity index (χ0) is 16.4. The molecule has 0 saturated carbocycles. The molecule has 1 fully saturated rings. The van der Waals surface area contributed by atoms with Gasteiger partial charge in [-0.1, -0.05) is 62.1 Å². The fourth-order valence-electron chi connectivity index (χ4n) is 2.05. The maximum absolute atomic E-state index is 12.3. The minimum Gasteiger partial charge on any atom is -0.480 e. The van der Waals surface area contributed by atoms with Crippen molar-refractivity contribution in [2.24, 2.45) is 0 Å². The number of nitrogens with zero attached hydrogens (tertiary/aromatic N) is 1. The minimum absolute atomic E-state index is 0.282. The van der Waals surface area contributed by atoms with E-state index in [9.17, 15) is 9.59 Å². The van der Waals surface area contributed by atoms with Gasteiger partial charge in [0, 0.05) is 0 Å². The van der Waals surface area contributed by atoms with E-state index in [-0.39, 0.29) is 10.2 Å². The summed E-state index contributed by atoms with van der Waals surface area (Å²) in [7, 11) is 0. The third-order valence-corrected chi connectivity index (χ3v) is 4.80. The molecular formula is C16H17NO3S2. The first-order valence-corrected chi connectivity index (χ1v) is 8.13. The summed E-state index contributed by atoms with van der Waals surface area (Å²) in [6.45, 7) is 5.69. The summed E-state index contributed by atoms with van der Waals surface area (Å²) >= 11 is 6.26. The summed E-state index contributed by atoms with van der Waals surface area (Å²) in [5, 5.41) is 9.05. The van der Waals surface area contributed by atoms with Gasteiger partial charge < -0.3 is 5.11 Å². The number of carboxylic acid groups (broad SMARTS) is 1. The molecular weight excluding hydrogens is 318 g/mol. The third-order valence-electron chi connectivity index (χ3n) is 3.47. The first kappa shape index (κ1) is 16.7. The number of carbonyl (C=O) groups excluding carboxylic acids is 1. The number of amides is 1. The minimum atomic E-state index is -1.07. The van der Waals surface area contributed by atoms with Crippen molar-refractivity contribution in [2.75, 3.05) is 0 Å². The van der Waals surface area contributed by atoms with Crippen LogP contribution in [0.5, 0.6) is 0 Å². The van der Waals surface area contributed by atoms with Gasteiger partial charge in [-0.05, 0) is 30.0 Å². The Bertz CT molecular complexity index is 650. The molecule has 6 heteroatoms. The van der Waals surface area contributed by atoms with E-state index in [1.54, 1.807) is 6.08 Å². The summed E-state index contributed by atoms with van der Waals surface area (Å²) in [6.07, 6.45) is 1.75. The van der Waals surface area contributed by atoms with E-state index >= 15 is 0 Å². The number of hydrogen-bond acceptors (Lipinski definition) is 4. The normalized spacial score (nSPS) is 18.4. The lowest BCUT2D eigenvalue weighted by atomic mass is 10.0. The van der Waals surface area contributed by atoms with E-state index in [4.69, 9.17) is 17.3 Å². The standard InChI is InChI=1S/C16H17NO3S2/c1-9(2)12-6-4-11(5-7-12)8-13-14(18)17(16(21)22-13)10(3)15(19)20/h4-10H,1-3H3,(H,19,20)/b13-8+. The predicted molar refractivity (Wildman–Crippen MR) is 92.6 cm³/mol. The number of aliphatic carboxylic acids is 1. The molecule has 0 bridgehead atoms. The number of carbonyl (C=O) groups is 2. The number of hydrogen-bond donors (Lipinski definition) is 1. The number of thioether (sulfide) groups is 1. The van der Waals surface area contributed by atoms with Crippen molar-refractivity contribution in [1.82, 2.24) is 4.90 Å². The fraction of sp³-hybridized carbons (Fsp3) is 0.312. The van der Waals surface area contributed by atoms with Gasteiger partial charge in [-0.2, -0.15) is 0 Å². The largest absolute Gasteiger partial charge is 0.480 e. The van der Waals surface area contributed by atoms with E-state index in [1.165, 1.54) is 12.5 Å². The van der Waals surface area contributed by atoms with Crippen LogP contribution in [0.25, 0.3) is 6.08 Å². The number of thiocarbonyl (C=S) groups is 1. The van der Waals surface area contributed by atoms with E-state index in [0.717, 1.165) is 22.2 Å². The lowest BCUT2D eigenvalue weighted by molar-refractivity contribution is -0.144. The second-order valence-corrected chi connectivity index (χ2v) is 7.06. The average Bonchev–Trinajstić information content (AvgIpc) is 2.73. The van der Waals surface area contributed by atoms with Crippen molar-refractivity contribution in [3.63, 3.8) is 0 Å². The van der Waals surface area contributed by atoms with Crippen molar-refractivity contribution in [3.8, 4) is 0 Å². The lowest BCUT2D eigenvalue weighted by Crippen LogP contribution is -2.41. The second-order valence-electron chi connectivity index (χ2n) is 5.39. The Morgan fingerprint density at radius 1 is 1.27 bits per heavy atom. The summed E-state index contributed by atoms with van der Waals surface area (Å²) < 4.78 is 0.282. The highest BCUT2D eigenvalue weighted by Crippen LogP contribution is 2.34. The van der Waals surface area contributed by atoms with Crippen LogP contribution in [0.2, 0.25) is 0 Å². The van der Waals surface area contributed by atoms with Gasteiger partial charge in [-0.15, -0.1) is 0 Å². The second kappa shape index (κ2) is 6.62. The molecule has 22 heavy (non-hydrogen) atoms. The molecule has 2 rings (SSSR count). The molecule has 0 aliphatic carbocycles. The van der Waals surface area contributed by atoms with Gasteiger partial charge in [0.15, 0.2) is 0 Å². The Hall–Kier alpha value is -1.66. The average molecular weight is 335 g/mol. The molecule has 1 N–H and O–H groups in total. The lowest BCUT2D eigenvalue weighted by Gasteiger charge is -2.18. The molecule has 116 valence electrons. The van der Waals surface area contributed by atoms with Gasteiger partial charge in [0.05, 0.1) is 4.91 Å². The Morgan fingerprint density at radius 2 is 1.86 bits per heavy atom. The summed E-state index contributed by atoms with van der Waals surface area (Å²) in [6, 6.07) is 6.99. The Labute approximate surface area is 139 Å². The van der Waals surface area contributed by atoms with E-state index in [0.29, 0.717) is 10.8 Å².